The Bertz CT molecular complexity index is 600. The Balaban J connectivity index is 1.83. The zero-order valence-corrected chi connectivity index (χ0v) is 14.6. The van der Waals surface area contributed by atoms with Crippen LogP contribution in [0.4, 0.5) is 0 Å². The maximum atomic E-state index is 5.83. The first-order valence-corrected chi connectivity index (χ1v) is 8.02. The molecule has 0 unspecified atom stereocenters. The Hall–Kier alpha value is -1.84. The van der Waals surface area contributed by atoms with Crippen molar-refractivity contribution in [1.29, 1.82) is 0 Å². The normalized spacial score (nSPS) is 11.5. The van der Waals surface area contributed by atoms with E-state index in [1.165, 1.54) is 16.7 Å². The zero-order chi connectivity index (χ0) is 16.7. The number of benzene rings is 2. The second-order valence-corrected chi connectivity index (χ2v) is 6.67. The van der Waals surface area contributed by atoms with Crippen molar-refractivity contribution < 1.29 is 9.47 Å². The molecule has 0 aliphatic heterocycles. The molecule has 0 fully saturated rings. The van der Waals surface area contributed by atoms with E-state index in [0.717, 1.165) is 18.8 Å². The van der Waals surface area contributed by atoms with Crippen LogP contribution < -0.4 is 10.1 Å². The average molecular weight is 313 g/mol. The third-order valence-corrected chi connectivity index (χ3v) is 3.48. The van der Waals surface area contributed by atoms with E-state index in [1.807, 2.05) is 12.1 Å². The summed E-state index contributed by atoms with van der Waals surface area (Å²) in [6.45, 7) is 8.56. The Morgan fingerprint density at radius 2 is 1.52 bits per heavy atom. The maximum absolute atomic E-state index is 5.83. The molecule has 2 rings (SSSR count). The van der Waals surface area contributed by atoms with Crippen molar-refractivity contribution in [2.24, 2.45) is 0 Å². The van der Waals surface area contributed by atoms with Gasteiger partial charge in [-0.1, -0.05) is 36.4 Å². The molecular formula is C20H27NO2. The summed E-state index contributed by atoms with van der Waals surface area (Å²) in [4.78, 5) is 0. The van der Waals surface area contributed by atoms with Crippen LogP contribution in [-0.2, 0) is 24.4 Å². The number of nitrogens with one attached hydrogen (secondary N) is 1. The molecule has 0 saturated heterocycles. The van der Waals surface area contributed by atoms with Crippen LogP contribution >= 0.6 is 0 Å². The van der Waals surface area contributed by atoms with Crippen molar-refractivity contribution >= 4 is 0 Å². The first-order chi connectivity index (χ1) is 11.0. The Kier molecular flexibility index (Phi) is 6.20. The highest BCUT2D eigenvalue weighted by molar-refractivity contribution is 5.27. The summed E-state index contributed by atoms with van der Waals surface area (Å²) in [7, 11) is 1.68. The Morgan fingerprint density at radius 1 is 0.870 bits per heavy atom. The van der Waals surface area contributed by atoms with Gasteiger partial charge in [-0.3, -0.25) is 0 Å². The zero-order valence-electron chi connectivity index (χ0n) is 14.6. The summed E-state index contributed by atoms with van der Waals surface area (Å²) in [6.07, 6.45) is 0. The molecule has 0 radical (unpaired) electrons. The van der Waals surface area contributed by atoms with Crippen LogP contribution in [0.3, 0.4) is 0 Å². The van der Waals surface area contributed by atoms with Gasteiger partial charge < -0.3 is 14.8 Å². The molecule has 0 aliphatic rings. The van der Waals surface area contributed by atoms with E-state index in [9.17, 15) is 0 Å². The second kappa shape index (κ2) is 8.14. The van der Waals surface area contributed by atoms with Crippen molar-refractivity contribution in [1.82, 2.24) is 5.32 Å². The van der Waals surface area contributed by atoms with Crippen LogP contribution in [0.1, 0.15) is 37.5 Å². The fraction of sp³-hybridized carbons (Fsp3) is 0.400. The lowest BCUT2D eigenvalue weighted by molar-refractivity contribution is -0.0149. The van der Waals surface area contributed by atoms with Crippen LogP contribution in [-0.4, -0.2) is 12.7 Å². The molecule has 0 aromatic heterocycles. The fourth-order valence-electron chi connectivity index (χ4n) is 2.22. The van der Waals surface area contributed by atoms with E-state index in [4.69, 9.17) is 9.47 Å². The minimum atomic E-state index is -0.109. The molecule has 2 aromatic rings. The largest absolute Gasteiger partial charge is 0.497 e. The van der Waals surface area contributed by atoms with Crippen molar-refractivity contribution in [2.75, 3.05) is 7.11 Å². The smallest absolute Gasteiger partial charge is 0.118 e. The van der Waals surface area contributed by atoms with E-state index in [0.29, 0.717) is 6.61 Å². The summed E-state index contributed by atoms with van der Waals surface area (Å²) >= 11 is 0. The molecule has 0 aliphatic carbocycles. The summed E-state index contributed by atoms with van der Waals surface area (Å²) in [6, 6.07) is 16.7. The van der Waals surface area contributed by atoms with Gasteiger partial charge in [-0.15, -0.1) is 0 Å². The highest BCUT2D eigenvalue weighted by Gasteiger charge is 2.10. The summed E-state index contributed by atoms with van der Waals surface area (Å²) in [5.41, 5.74) is 3.62. The molecule has 3 nitrogen and oxygen atoms in total. The molecule has 124 valence electrons. The third-order valence-electron chi connectivity index (χ3n) is 3.48. The first kappa shape index (κ1) is 17.5. The van der Waals surface area contributed by atoms with Crippen molar-refractivity contribution in [2.45, 2.75) is 46.1 Å². The van der Waals surface area contributed by atoms with Crippen LogP contribution in [0.25, 0.3) is 0 Å². The Morgan fingerprint density at radius 3 is 2.17 bits per heavy atom. The van der Waals surface area contributed by atoms with Crippen molar-refractivity contribution in [3.8, 4) is 5.75 Å². The van der Waals surface area contributed by atoms with E-state index in [1.54, 1.807) is 7.11 Å². The molecule has 2 aromatic carbocycles. The summed E-state index contributed by atoms with van der Waals surface area (Å²) < 4.78 is 11.0. The molecule has 3 heteroatoms. The minimum Gasteiger partial charge on any atom is -0.497 e. The van der Waals surface area contributed by atoms with E-state index in [-0.39, 0.29) is 5.60 Å². The summed E-state index contributed by atoms with van der Waals surface area (Å²) in [5, 5.41) is 3.47. The van der Waals surface area contributed by atoms with E-state index >= 15 is 0 Å². The molecule has 0 saturated carbocycles. The molecule has 1 N–H and O–H groups in total. The summed E-state index contributed by atoms with van der Waals surface area (Å²) in [5.74, 6) is 0.889. The highest BCUT2D eigenvalue weighted by atomic mass is 16.5. The van der Waals surface area contributed by atoms with Gasteiger partial charge in [-0.25, -0.2) is 0 Å². The fourth-order valence-corrected chi connectivity index (χ4v) is 2.22. The van der Waals surface area contributed by atoms with Crippen molar-refractivity contribution in [3.05, 3.63) is 65.2 Å². The SMILES string of the molecule is COc1ccc(CNCc2cccc(COC(C)(C)C)c2)cc1. The highest BCUT2D eigenvalue weighted by Crippen LogP contribution is 2.14. The molecular weight excluding hydrogens is 286 g/mol. The van der Waals surface area contributed by atoms with Gasteiger partial charge in [-0.2, -0.15) is 0 Å². The molecule has 0 bridgehead atoms. The maximum Gasteiger partial charge on any atom is 0.118 e. The van der Waals surface area contributed by atoms with E-state index in [2.05, 4.69) is 62.5 Å². The second-order valence-electron chi connectivity index (χ2n) is 6.67. The molecule has 0 atom stereocenters. The number of hydrogen-bond donors (Lipinski definition) is 1. The number of methoxy groups -OCH3 is 1. The minimum absolute atomic E-state index is 0.109. The Labute approximate surface area is 139 Å². The average Bonchev–Trinajstić information content (AvgIpc) is 2.53. The topological polar surface area (TPSA) is 30.5 Å². The lowest BCUT2D eigenvalue weighted by atomic mass is 10.1. The van der Waals surface area contributed by atoms with Crippen molar-refractivity contribution in [3.63, 3.8) is 0 Å². The van der Waals surface area contributed by atoms with Crippen LogP contribution in [0.5, 0.6) is 5.75 Å². The predicted octanol–water partition coefficient (Wildman–Crippen LogP) is 4.30. The van der Waals surface area contributed by atoms with Gasteiger partial charge in [0.2, 0.25) is 0 Å². The molecule has 0 heterocycles. The molecule has 0 spiro atoms. The van der Waals surface area contributed by atoms with Gasteiger partial charge in [0.1, 0.15) is 5.75 Å². The molecule has 23 heavy (non-hydrogen) atoms. The van der Waals surface area contributed by atoms with Gasteiger partial charge in [-0.05, 0) is 49.6 Å². The third kappa shape index (κ3) is 6.43. The van der Waals surface area contributed by atoms with E-state index < -0.39 is 0 Å². The number of rotatable bonds is 7. The monoisotopic (exact) mass is 313 g/mol. The molecule has 0 amide bonds. The number of hydrogen-bond acceptors (Lipinski definition) is 3. The quantitative estimate of drug-likeness (QED) is 0.826. The first-order valence-electron chi connectivity index (χ1n) is 8.02. The lowest BCUT2D eigenvalue weighted by Gasteiger charge is -2.19. The van der Waals surface area contributed by atoms with Crippen LogP contribution in [0.15, 0.2) is 48.5 Å². The van der Waals surface area contributed by atoms with Gasteiger partial charge >= 0.3 is 0 Å². The van der Waals surface area contributed by atoms with Crippen LogP contribution in [0.2, 0.25) is 0 Å². The van der Waals surface area contributed by atoms with Crippen LogP contribution in [0, 0.1) is 0 Å². The van der Waals surface area contributed by atoms with Gasteiger partial charge in [0, 0.05) is 13.1 Å². The standard InChI is InChI=1S/C20H27NO2/c1-20(2,3)23-15-18-7-5-6-17(12-18)14-21-13-16-8-10-19(22-4)11-9-16/h5-12,21H,13-15H2,1-4H3. The lowest BCUT2D eigenvalue weighted by Crippen LogP contribution is -2.18. The predicted molar refractivity (Wildman–Crippen MR) is 94.5 cm³/mol. The van der Waals surface area contributed by atoms with Gasteiger partial charge in [0.25, 0.3) is 0 Å². The number of ether oxygens (including phenoxy) is 2. The van der Waals surface area contributed by atoms with Gasteiger partial charge in [0.15, 0.2) is 0 Å². The van der Waals surface area contributed by atoms with Gasteiger partial charge in [0.05, 0.1) is 19.3 Å².